The number of nitrogens with zero attached hydrogens (tertiary/aromatic N) is 1. The summed E-state index contributed by atoms with van der Waals surface area (Å²) in [5.74, 6) is 1.34. The predicted molar refractivity (Wildman–Crippen MR) is 99.6 cm³/mol. The van der Waals surface area contributed by atoms with Gasteiger partial charge in [-0.05, 0) is 42.5 Å². The summed E-state index contributed by atoms with van der Waals surface area (Å²) in [6.07, 6.45) is 0. The third kappa shape index (κ3) is 3.10. The second-order valence-corrected chi connectivity index (χ2v) is 6.12. The lowest BCUT2D eigenvalue weighted by Gasteiger charge is -2.29. The summed E-state index contributed by atoms with van der Waals surface area (Å²) in [5, 5.41) is 3.95. The van der Waals surface area contributed by atoms with Crippen molar-refractivity contribution in [3.8, 4) is 17.1 Å². The van der Waals surface area contributed by atoms with Gasteiger partial charge in [0.05, 0.1) is 12.5 Å². The first-order valence-electron chi connectivity index (χ1n) is 8.42. The molecule has 5 nitrogen and oxygen atoms in total. The minimum Gasteiger partial charge on any atom is -0.497 e. The van der Waals surface area contributed by atoms with Crippen LogP contribution in [0.1, 0.15) is 0 Å². The van der Waals surface area contributed by atoms with Crippen molar-refractivity contribution in [1.82, 2.24) is 5.32 Å². The van der Waals surface area contributed by atoms with Gasteiger partial charge in [-0.25, -0.2) is 0 Å². The standard InChI is InChI=1S/C20H20N2O3/c1-24-16-5-2-14(3-6-16)20-13-18(23)17-12-15(4-7-19(17)25-20)22-10-8-21-9-11-22/h2-7,12-13,21H,8-11H2,1H3. The Morgan fingerprint density at radius 2 is 1.80 bits per heavy atom. The topological polar surface area (TPSA) is 54.7 Å². The first-order valence-corrected chi connectivity index (χ1v) is 8.42. The van der Waals surface area contributed by atoms with Crippen molar-refractivity contribution >= 4 is 16.7 Å². The summed E-state index contributed by atoms with van der Waals surface area (Å²) in [7, 11) is 1.63. The zero-order chi connectivity index (χ0) is 17.2. The number of methoxy groups -OCH3 is 1. The molecule has 0 radical (unpaired) electrons. The van der Waals surface area contributed by atoms with Crippen molar-refractivity contribution in [2.24, 2.45) is 0 Å². The molecule has 2 aromatic carbocycles. The Morgan fingerprint density at radius 3 is 2.52 bits per heavy atom. The molecule has 4 rings (SSSR count). The molecule has 128 valence electrons. The normalized spacial score (nSPS) is 14.7. The zero-order valence-electron chi connectivity index (χ0n) is 14.1. The van der Waals surface area contributed by atoms with Gasteiger partial charge in [-0.2, -0.15) is 0 Å². The molecule has 5 heteroatoms. The van der Waals surface area contributed by atoms with Crippen molar-refractivity contribution in [1.29, 1.82) is 0 Å². The largest absolute Gasteiger partial charge is 0.497 e. The van der Waals surface area contributed by atoms with E-state index in [-0.39, 0.29) is 5.43 Å². The van der Waals surface area contributed by atoms with Crippen LogP contribution in [0.2, 0.25) is 0 Å². The van der Waals surface area contributed by atoms with E-state index < -0.39 is 0 Å². The highest BCUT2D eigenvalue weighted by molar-refractivity contribution is 5.82. The smallest absolute Gasteiger partial charge is 0.193 e. The Kier molecular flexibility index (Phi) is 4.15. The van der Waals surface area contributed by atoms with Gasteiger partial charge in [0.2, 0.25) is 0 Å². The number of hydrogen-bond donors (Lipinski definition) is 1. The van der Waals surface area contributed by atoms with E-state index in [9.17, 15) is 4.79 Å². The monoisotopic (exact) mass is 336 g/mol. The van der Waals surface area contributed by atoms with Crippen LogP contribution >= 0.6 is 0 Å². The van der Waals surface area contributed by atoms with Crippen LogP contribution in [0.15, 0.2) is 57.7 Å². The third-order valence-corrected chi connectivity index (χ3v) is 4.57. The molecule has 1 aromatic heterocycles. The van der Waals surface area contributed by atoms with Crippen molar-refractivity contribution in [3.63, 3.8) is 0 Å². The van der Waals surface area contributed by atoms with Gasteiger partial charge in [-0.1, -0.05) is 0 Å². The number of hydrogen-bond acceptors (Lipinski definition) is 5. The van der Waals surface area contributed by atoms with E-state index in [0.717, 1.165) is 43.2 Å². The van der Waals surface area contributed by atoms with Gasteiger partial charge in [0.1, 0.15) is 17.1 Å². The number of rotatable bonds is 3. The lowest BCUT2D eigenvalue weighted by atomic mass is 10.1. The number of fused-ring (bicyclic) bond motifs is 1. The van der Waals surface area contributed by atoms with Crippen LogP contribution in [-0.2, 0) is 0 Å². The van der Waals surface area contributed by atoms with Crippen molar-refractivity contribution in [2.75, 3.05) is 38.2 Å². The number of nitrogens with one attached hydrogen (secondary N) is 1. The highest BCUT2D eigenvalue weighted by Crippen LogP contribution is 2.26. The fourth-order valence-electron chi connectivity index (χ4n) is 3.16. The first-order chi connectivity index (χ1) is 12.2. The van der Waals surface area contributed by atoms with Crippen molar-refractivity contribution in [3.05, 3.63) is 58.8 Å². The maximum atomic E-state index is 12.6. The van der Waals surface area contributed by atoms with Crippen LogP contribution in [0.25, 0.3) is 22.3 Å². The van der Waals surface area contributed by atoms with E-state index in [1.807, 2.05) is 42.5 Å². The van der Waals surface area contributed by atoms with Gasteiger partial charge < -0.3 is 19.4 Å². The molecule has 1 saturated heterocycles. The number of anilines is 1. The molecule has 0 amide bonds. The fourth-order valence-corrected chi connectivity index (χ4v) is 3.16. The van der Waals surface area contributed by atoms with Gasteiger partial charge in [0, 0.05) is 43.5 Å². The molecule has 3 aromatic rings. The molecule has 1 aliphatic heterocycles. The summed E-state index contributed by atoms with van der Waals surface area (Å²) in [6.45, 7) is 3.81. The van der Waals surface area contributed by atoms with Crippen LogP contribution in [-0.4, -0.2) is 33.3 Å². The highest BCUT2D eigenvalue weighted by Gasteiger charge is 2.13. The predicted octanol–water partition coefficient (Wildman–Crippen LogP) is 2.88. The van der Waals surface area contributed by atoms with E-state index in [1.165, 1.54) is 0 Å². The van der Waals surface area contributed by atoms with Crippen molar-refractivity contribution in [2.45, 2.75) is 0 Å². The molecule has 0 spiro atoms. The van der Waals surface area contributed by atoms with Crippen LogP contribution < -0.4 is 20.4 Å². The lowest BCUT2D eigenvalue weighted by molar-refractivity contribution is 0.415. The first kappa shape index (κ1) is 15.7. The summed E-state index contributed by atoms with van der Waals surface area (Å²) in [6, 6.07) is 14.9. The molecule has 0 atom stereocenters. The van der Waals surface area contributed by atoms with E-state index in [2.05, 4.69) is 10.2 Å². The SMILES string of the molecule is COc1ccc(-c2cc(=O)c3cc(N4CCNCC4)ccc3o2)cc1. The molecular formula is C20H20N2O3. The minimum atomic E-state index is -0.0240. The maximum Gasteiger partial charge on any atom is 0.193 e. The third-order valence-electron chi connectivity index (χ3n) is 4.57. The molecule has 0 saturated carbocycles. The van der Waals surface area contributed by atoms with E-state index in [0.29, 0.717) is 16.7 Å². The molecule has 0 aliphatic carbocycles. The van der Waals surface area contributed by atoms with Crippen LogP contribution in [0.5, 0.6) is 5.75 Å². The van der Waals surface area contributed by atoms with Crippen molar-refractivity contribution < 1.29 is 9.15 Å². The number of piperazine rings is 1. The van der Waals surface area contributed by atoms with E-state index >= 15 is 0 Å². The van der Waals surface area contributed by atoms with E-state index in [4.69, 9.17) is 9.15 Å². The Morgan fingerprint density at radius 1 is 1.04 bits per heavy atom. The second kappa shape index (κ2) is 6.61. The van der Waals surface area contributed by atoms with Gasteiger partial charge in [-0.15, -0.1) is 0 Å². The Hall–Kier alpha value is -2.79. The van der Waals surface area contributed by atoms with Gasteiger partial charge in [-0.3, -0.25) is 4.79 Å². The average molecular weight is 336 g/mol. The molecule has 25 heavy (non-hydrogen) atoms. The van der Waals surface area contributed by atoms with Gasteiger partial charge in [0.15, 0.2) is 5.43 Å². The summed E-state index contributed by atoms with van der Waals surface area (Å²) in [5.41, 5.74) is 2.51. The van der Waals surface area contributed by atoms with Crippen LogP contribution in [0.4, 0.5) is 5.69 Å². The fraction of sp³-hybridized carbons (Fsp3) is 0.250. The molecule has 1 N–H and O–H groups in total. The summed E-state index contributed by atoms with van der Waals surface area (Å²) in [4.78, 5) is 14.9. The Balaban J connectivity index is 1.73. The quantitative estimate of drug-likeness (QED) is 0.797. The highest BCUT2D eigenvalue weighted by atomic mass is 16.5. The van der Waals surface area contributed by atoms with E-state index in [1.54, 1.807) is 13.2 Å². The lowest BCUT2D eigenvalue weighted by Crippen LogP contribution is -2.43. The molecule has 2 heterocycles. The zero-order valence-corrected chi connectivity index (χ0v) is 14.1. The Bertz CT molecular complexity index is 941. The Labute approximate surface area is 145 Å². The van der Waals surface area contributed by atoms with Gasteiger partial charge in [0.25, 0.3) is 0 Å². The van der Waals surface area contributed by atoms with Gasteiger partial charge >= 0.3 is 0 Å². The second-order valence-electron chi connectivity index (χ2n) is 6.12. The molecule has 1 fully saturated rings. The summed E-state index contributed by atoms with van der Waals surface area (Å²) < 4.78 is 11.1. The molecule has 1 aliphatic rings. The molecular weight excluding hydrogens is 316 g/mol. The maximum absolute atomic E-state index is 12.6. The summed E-state index contributed by atoms with van der Waals surface area (Å²) >= 11 is 0. The molecule has 0 bridgehead atoms. The van der Waals surface area contributed by atoms with Crippen LogP contribution in [0.3, 0.4) is 0 Å². The molecule has 0 unspecified atom stereocenters. The minimum absolute atomic E-state index is 0.0240. The number of ether oxygens (including phenoxy) is 1. The van der Waals surface area contributed by atoms with Crippen LogP contribution in [0, 0.1) is 0 Å². The average Bonchev–Trinajstić information content (AvgIpc) is 2.68. The number of benzene rings is 2.